The number of aryl methyl sites for hydroxylation is 1. The fourth-order valence-corrected chi connectivity index (χ4v) is 1.92. The summed E-state index contributed by atoms with van der Waals surface area (Å²) in [7, 11) is 0. The lowest BCUT2D eigenvalue weighted by molar-refractivity contribution is -0.145. The Morgan fingerprint density at radius 1 is 1.47 bits per heavy atom. The highest BCUT2D eigenvalue weighted by Gasteiger charge is 2.24. The van der Waals surface area contributed by atoms with Gasteiger partial charge in [-0.1, -0.05) is 6.92 Å². The first kappa shape index (κ1) is 13.1. The smallest absolute Gasteiger partial charge is 0.316 e. The van der Waals surface area contributed by atoms with Gasteiger partial charge in [0.1, 0.15) is 11.7 Å². The molecule has 1 atom stereocenters. The Bertz CT molecular complexity index is 633. The number of imidazole rings is 1. The van der Waals surface area contributed by atoms with Gasteiger partial charge in [0.05, 0.1) is 11.0 Å². The number of carbonyl (C=O) groups is 2. The van der Waals surface area contributed by atoms with E-state index in [2.05, 4.69) is 15.3 Å². The lowest BCUT2D eigenvalue weighted by atomic mass is 10.1. The number of carbonyl (C=O) groups excluding carboxylic acids is 1. The summed E-state index contributed by atoms with van der Waals surface area (Å²) in [6.45, 7) is 3.51. The van der Waals surface area contributed by atoms with Crippen LogP contribution in [0.5, 0.6) is 0 Å². The summed E-state index contributed by atoms with van der Waals surface area (Å²) >= 11 is 0. The highest BCUT2D eigenvalue weighted by Crippen LogP contribution is 2.18. The number of nitrogens with one attached hydrogen (secondary N) is 2. The van der Waals surface area contributed by atoms with Gasteiger partial charge in [0.15, 0.2) is 0 Å². The molecule has 1 unspecified atom stereocenters. The van der Waals surface area contributed by atoms with Crippen LogP contribution in [-0.4, -0.2) is 27.0 Å². The van der Waals surface area contributed by atoms with Crippen LogP contribution in [-0.2, 0) is 9.59 Å². The maximum atomic E-state index is 11.8. The Hall–Kier alpha value is -2.37. The second kappa shape index (κ2) is 5.09. The molecule has 0 aliphatic heterocycles. The third-order valence-electron chi connectivity index (χ3n) is 2.89. The summed E-state index contributed by atoms with van der Waals surface area (Å²) < 4.78 is 0. The van der Waals surface area contributed by atoms with E-state index >= 15 is 0 Å². The normalized spacial score (nSPS) is 12.3. The van der Waals surface area contributed by atoms with Gasteiger partial charge in [-0.25, -0.2) is 4.98 Å². The largest absolute Gasteiger partial charge is 0.481 e. The van der Waals surface area contributed by atoms with Crippen LogP contribution in [0, 0.1) is 12.8 Å². The zero-order valence-corrected chi connectivity index (χ0v) is 10.7. The molecule has 6 heteroatoms. The number of aromatic amines is 1. The molecule has 0 saturated heterocycles. The highest BCUT2D eigenvalue weighted by molar-refractivity contribution is 6.04. The van der Waals surface area contributed by atoms with Crippen molar-refractivity contribution in [1.82, 2.24) is 9.97 Å². The van der Waals surface area contributed by atoms with E-state index in [0.717, 1.165) is 16.9 Å². The predicted molar refractivity (Wildman–Crippen MR) is 70.9 cm³/mol. The number of amides is 1. The van der Waals surface area contributed by atoms with Crippen molar-refractivity contribution in [2.24, 2.45) is 5.92 Å². The van der Waals surface area contributed by atoms with E-state index in [-0.39, 0.29) is 6.42 Å². The summed E-state index contributed by atoms with van der Waals surface area (Å²) in [4.78, 5) is 30.0. The third-order valence-corrected chi connectivity index (χ3v) is 2.89. The Balaban J connectivity index is 2.20. The minimum atomic E-state index is -1.11. The number of H-pyrrole nitrogens is 1. The first-order valence-corrected chi connectivity index (χ1v) is 6.01. The summed E-state index contributed by atoms with van der Waals surface area (Å²) in [6.07, 6.45) is 0.257. The SMILES string of the molecule is CCC(C(=O)O)C(=O)Nc1ccc2nc(C)[nH]c2c1. The zero-order chi connectivity index (χ0) is 14.0. The fraction of sp³-hybridized carbons (Fsp3) is 0.308. The van der Waals surface area contributed by atoms with Crippen molar-refractivity contribution < 1.29 is 14.7 Å². The minimum absolute atomic E-state index is 0.257. The van der Waals surface area contributed by atoms with E-state index < -0.39 is 17.8 Å². The van der Waals surface area contributed by atoms with Crippen LogP contribution in [0.15, 0.2) is 18.2 Å². The molecule has 1 aromatic heterocycles. The molecule has 100 valence electrons. The summed E-state index contributed by atoms with van der Waals surface area (Å²) in [5, 5.41) is 11.5. The quantitative estimate of drug-likeness (QED) is 0.733. The lowest BCUT2D eigenvalue weighted by Crippen LogP contribution is -2.28. The summed E-state index contributed by atoms with van der Waals surface area (Å²) in [5.74, 6) is -1.86. The van der Waals surface area contributed by atoms with Crippen LogP contribution in [0.2, 0.25) is 0 Å². The molecule has 2 rings (SSSR count). The van der Waals surface area contributed by atoms with Crippen LogP contribution in [0.1, 0.15) is 19.2 Å². The maximum absolute atomic E-state index is 11.8. The third kappa shape index (κ3) is 2.73. The zero-order valence-electron chi connectivity index (χ0n) is 10.7. The number of carboxylic acid groups (broad SMARTS) is 1. The fourth-order valence-electron chi connectivity index (χ4n) is 1.92. The first-order chi connectivity index (χ1) is 9.01. The molecule has 0 radical (unpaired) electrons. The van der Waals surface area contributed by atoms with Gasteiger partial charge in [-0.15, -0.1) is 0 Å². The molecule has 1 aromatic carbocycles. The van der Waals surface area contributed by atoms with Gasteiger partial charge < -0.3 is 15.4 Å². The number of hydrogen-bond donors (Lipinski definition) is 3. The van der Waals surface area contributed by atoms with Crippen LogP contribution >= 0.6 is 0 Å². The Kier molecular flexibility index (Phi) is 3.50. The van der Waals surface area contributed by atoms with Crippen LogP contribution in [0.4, 0.5) is 5.69 Å². The Morgan fingerprint density at radius 3 is 2.84 bits per heavy atom. The average Bonchev–Trinajstić information content (AvgIpc) is 2.68. The van der Waals surface area contributed by atoms with Gasteiger partial charge in [0.2, 0.25) is 5.91 Å². The van der Waals surface area contributed by atoms with Crippen molar-refractivity contribution in [2.45, 2.75) is 20.3 Å². The molecule has 1 heterocycles. The van der Waals surface area contributed by atoms with Gasteiger partial charge in [-0.3, -0.25) is 9.59 Å². The lowest BCUT2D eigenvalue weighted by Gasteiger charge is -2.10. The average molecular weight is 261 g/mol. The molecule has 3 N–H and O–H groups in total. The topological polar surface area (TPSA) is 95.1 Å². The van der Waals surface area contributed by atoms with Crippen LogP contribution < -0.4 is 5.32 Å². The summed E-state index contributed by atoms with van der Waals surface area (Å²) in [6, 6.07) is 5.22. The number of aliphatic carboxylic acids is 1. The van der Waals surface area contributed by atoms with Crippen molar-refractivity contribution in [3.05, 3.63) is 24.0 Å². The van der Waals surface area contributed by atoms with E-state index in [1.54, 1.807) is 25.1 Å². The second-order valence-corrected chi connectivity index (χ2v) is 4.34. The van der Waals surface area contributed by atoms with E-state index in [1.165, 1.54) is 0 Å². The van der Waals surface area contributed by atoms with Gasteiger partial charge >= 0.3 is 5.97 Å². The molecule has 0 aliphatic rings. The molecule has 2 aromatic rings. The number of benzene rings is 1. The second-order valence-electron chi connectivity index (χ2n) is 4.34. The monoisotopic (exact) mass is 261 g/mol. The highest BCUT2D eigenvalue weighted by atomic mass is 16.4. The molecule has 0 aliphatic carbocycles. The van der Waals surface area contributed by atoms with E-state index in [0.29, 0.717) is 5.69 Å². The predicted octanol–water partition coefficient (Wildman–Crippen LogP) is 1.92. The van der Waals surface area contributed by atoms with Crippen molar-refractivity contribution in [2.75, 3.05) is 5.32 Å². The Labute approximate surface area is 109 Å². The van der Waals surface area contributed by atoms with Gasteiger partial charge in [0, 0.05) is 5.69 Å². The van der Waals surface area contributed by atoms with Crippen molar-refractivity contribution in [1.29, 1.82) is 0 Å². The number of rotatable bonds is 4. The molecule has 19 heavy (non-hydrogen) atoms. The van der Waals surface area contributed by atoms with Crippen molar-refractivity contribution in [3.63, 3.8) is 0 Å². The maximum Gasteiger partial charge on any atom is 0.316 e. The van der Waals surface area contributed by atoms with Gasteiger partial charge in [-0.05, 0) is 31.5 Å². The van der Waals surface area contributed by atoms with E-state index in [4.69, 9.17) is 5.11 Å². The number of nitrogens with zero attached hydrogens (tertiary/aromatic N) is 1. The first-order valence-electron chi connectivity index (χ1n) is 6.01. The van der Waals surface area contributed by atoms with E-state index in [1.807, 2.05) is 6.92 Å². The molecule has 1 amide bonds. The minimum Gasteiger partial charge on any atom is -0.481 e. The van der Waals surface area contributed by atoms with Crippen molar-refractivity contribution in [3.8, 4) is 0 Å². The molecular formula is C13H15N3O3. The van der Waals surface area contributed by atoms with Gasteiger partial charge in [0.25, 0.3) is 0 Å². The molecular weight excluding hydrogens is 246 g/mol. The van der Waals surface area contributed by atoms with Crippen LogP contribution in [0.3, 0.4) is 0 Å². The molecule has 0 bridgehead atoms. The number of carboxylic acids is 1. The number of hydrogen-bond acceptors (Lipinski definition) is 3. The Morgan fingerprint density at radius 2 is 2.21 bits per heavy atom. The number of aromatic nitrogens is 2. The molecule has 6 nitrogen and oxygen atoms in total. The van der Waals surface area contributed by atoms with Gasteiger partial charge in [-0.2, -0.15) is 0 Å². The van der Waals surface area contributed by atoms with Crippen LogP contribution in [0.25, 0.3) is 11.0 Å². The number of anilines is 1. The summed E-state index contributed by atoms with van der Waals surface area (Å²) in [5.41, 5.74) is 2.17. The standard InChI is InChI=1S/C13H15N3O3/c1-3-9(13(18)19)12(17)16-8-4-5-10-11(6-8)15-7(2)14-10/h4-6,9H,3H2,1-2H3,(H,14,15)(H,16,17)(H,18,19). The number of fused-ring (bicyclic) bond motifs is 1. The molecule has 0 spiro atoms. The molecule has 0 fully saturated rings. The molecule has 0 saturated carbocycles. The van der Waals surface area contributed by atoms with E-state index in [9.17, 15) is 9.59 Å². The van der Waals surface area contributed by atoms with Crippen molar-refractivity contribution >= 4 is 28.6 Å².